The maximum Gasteiger partial charge on any atom is 0.141 e. The molecular formula is C16H16Cl2N8. The lowest BCUT2D eigenvalue weighted by Gasteiger charge is -2.05. The second-order valence-corrected chi connectivity index (χ2v) is 4.98. The SMILES string of the molecule is Cl.Cl.N=C(N)c1ccc(-c2cncc(-c3ccc(C(=N)N)nc3)n2)cn1. The fraction of sp³-hybridized carbons (Fsp3) is 0. The van der Waals surface area contributed by atoms with E-state index in [1.165, 1.54) is 0 Å². The summed E-state index contributed by atoms with van der Waals surface area (Å²) in [6.07, 6.45) is 6.46. The molecule has 3 heterocycles. The molecule has 0 radical (unpaired) electrons. The molecule has 0 bridgehead atoms. The van der Waals surface area contributed by atoms with Gasteiger partial charge in [0.25, 0.3) is 0 Å². The van der Waals surface area contributed by atoms with E-state index in [1.807, 2.05) is 0 Å². The van der Waals surface area contributed by atoms with Crippen LogP contribution < -0.4 is 11.5 Å². The van der Waals surface area contributed by atoms with Crippen molar-refractivity contribution in [1.82, 2.24) is 19.9 Å². The van der Waals surface area contributed by atoms with E-state index < -0.39 is 0 Å². The fourth-order valence-electron chi connectivity index (χ4n) is 2.05. The Morgan fingerprint density at radius 2 is 1.12 bits per heavy atom. The van der Waals surface area contributed by atoms with Crippen LogP contribution in [0.1, 0.15) is 11.4 Å². The number of halogens is 2. The van der Waals surface area contributed by atoms with E-state index in [2.05, 4.69) is 19.9 Å². The lowest BCUT2D eigenvalue weighted by atomic mass is 10.1. The molecule has 26 heavy (non-hydrogen) atoms. The molecule has 0 spiro atoms. The van der Waals surface area contributed by atoms with E-state index in [-0.39, 0.29) is 36.5 Å². The van der Waals surface area contributed by atoms with Gasteiger partial charge >= 0.3 is 0 Å². The van der Waals surface area contributed by atoms with Gasteiger partial charge in [-0.05, 0) is 24.3 Å². The first-order chi connectivity index (χ1) is 11.5. The number of rotatable bonds is 4. The number of nitrogens with two attached hydrogens (primary N) is 2. The zero-order chi connectivity index (χ0) is 17.1. The van der Waals surface area contributed by atoms with Crippen LogP contribution in [0.25, 0.3) is 22.5 Å². The Hall–Kier alpha value is -3.10. The van der Waals surface area contributed by atoms with Gasteiger partial charge < -0.3 is 11.5 Å². The first kappa shape index (κ1) is 20.9. The molecule has 0 amide bonds. The molecule has 0 fully saturated rings. The number of aromatic nitrogens is 4. The smallest absolute Gasteiger partial charge is 0.141 e. The van der Waals surface area contributed by atoms with Gasteiger partial charge in [-0.3, -0.25) is 25.8 Å². The van der Waals surface area contributed by atoms with Crippen LogP contribution in [-0.4, -0.2) is 31.6 Å². The van der Waals surface area contributed by atoms with Crippen molar-refractivity contribution in [3.8, 4) is 22.5 Å². The van der Waals surface area contributed by atoms with Crippen LogP contribution in [0.5, 0.6) is 0 Å². The Morgan fingerprint density at radius 3 is 1.42 bits per heavy atom. The number of nitrogen functional groups attached to an aromatic ring is 2. The Balaban J connectivity index is 0.00000169. The van der Waals surface area contributed by atoms with E-state index in [9.17, 15) is 0 Å². The highest BCUT2D eigenvalue weighted by Gasteiger charge is 2.07. The molecule has 3 rings (SSSR count). The van der Waals surface area contributed by atoms with Crippen molar-refractivity contribution in [3.05, 3.63) is 60.4 Å². The number of hydrogen-bond donors (Lipinski definition) is 4. The molecule has 0 saturated carbocycles. The van der Waals surface area contributed by atoms with Gasteiger partial charge in [0.1, 0.15) is 23.1 Å². The third-order valence-corrected chi connectivity index (χ3v) is 3.30. The summed E-state index contributed by atoms with van der Waals surface area (Å²) in [6, 6.07) is 6.90. The molecule has 134 valence electrons. The van der Waals surface area contributed by atoms with Gasteiger partial charge in [0.2, 0.25) is 0 Å². The molecule has 0 saturated heterocycles. The largest absolute Gasteiger partial charge is 0.382 e. The van der Waals surface area contributed by atoms with Gasteiger partial charge in [-0.15, -0.1) is 24.8 Å². The Bertz CT molecular complexity index is 838. The van der Waals surface area contributed by atoms with Gasteiger partial charge in [0.15, 0.2) is 0 Å². The van der Waals surface area contributed by atoms with Crippen molar-refractivity contribution in [2.45, 2.75) is 0 Å². The van der Waals surface area contributed by atoms with Crippen molar-refractivity contribution in [2.24, 2.45) is 11.5 Å². The minimum Gasteiger partial charge on any atom is -0.382 e. The van der Waals surface area contributed by atoms with Crippen LogP contribution in [0, 0.1) is 10.8 Å². The summed E-state index contributed by atoms with van der Waals surface area (Å²) in [5, 5.41) is 14.7. The average molecular weight is 391 g/mol. The molecular weight excluding hydrogens is 375 g/mol. The van der Waals surface area contributed by atoms with E-state index in [1.54, 1.807) is 49.1 Å². The number of hydrogen-bond acceptors (Lipinski definition) is 6. The van der Waals surface area contributed by atoms with Crippen LogP contribution in [0.4, 0.5) is 0 Å². The minimum atomic E-state index is -0.0852. The third-order valence-electron chi connectivity index (χ3n) is 3.30. The summed E-state index contributed by atoms with van der Waals surface area (Å²) in [4.78, 5) is 17.0. The summed E-state index contributed by atoms with van der Waals surface area (Å²) in [6.45, 7) is 0. The van der Waals surface area contributed by atoms with Crippen LogP contribution in [-0.2, 0) is 0 Å². The zero-order valence-electron chi connectivity index (χ0n) is 13.4. The Morgan fingerprint density at radius 1 is 0.692 bits per heavy atom. The van der Waals surface area contributed by atoms with Crippen LogP contribution in [0.3, 0.4) is 0 Å². The summed E-state index contributed by atoms with van der Waals surface area (Å²) >= 11 is 0. The van der Waals surface area contributed by atoms with Crippen molar-refractivity contribution < 1.29 is 0 Å². The zero-order valence-corrected chi connectivity index (χ0v) is 15.0. The highest BCUT2D eigenvalue weighted by molar-refractivity contribution is 5.93. The molecule has 0 unspecified atom stereocenters. The summed E-state index contributed by atoms with van der Waals surface area (Å²) in [7, 11) is 0. The minimum absolute atomic E-state index is 0. The van der Waals surface area contributed by atoms with E-state index in [4.69, 9.17) is 22.3 Å². The summed E-state index contributed by atoms with van der Waals surface area (Å²) in [5.41, 5.74) is 14.4. The van der Waals surface area contributed by atoms with Crippen LogP contribution in [0.15, 0.2) is 49.1 Å². The molecule has 0 aromatic carbocycles. The van der Waals surface area contributed by atoms with Crippen LogP contribution in [0.2, 0.25) is 0 Å². The van der Waals surface area contributed by atoms with Gasteiger partial charge in [0, 0.05) is 23.5 Å². The first-order valence-corrected chi connectivity index (χ1v) is 6.98. The maximum atomic E-state index is 7.36. The molecule has 0 aliphatic rings. The molecule has 3 aromatic heterocycles. The maximum absolute atomic E-state index is 7.36. The highest BCUT2D eigenvalue weighted by atomic mass is 35.5. The quantitative estimate of drug-likeness (QED) is 0.394. The third kappa shape index (κ3) is 4.50. The lowest BCUT2D eigenvalue weighted by Crippen LogP contribution is -2.12. The van der Waals surface area contributed by atoms with Gasteiger partial charge in [-0.25, -0.2) is 4.98 Å². The standard InChI is InChI=1S/C16H14N8.2ClH/c17-15(18)11-3-1-9(5-22-11)13-7-21-8-14(24-13)10-2-4-12(16(19)20)23-6-10;;/h1-8H,(H3,17,18)(H3,19,20);2*1H. The van der Waals surface area contributed by atoms with Gasteiger partial charge in [0.05, 0.1) is 23.8 Å². The number of nitrogens with one attached hydrogen (secondary N) is 2. The van der Waals surface area contributed by atoms with Crippen molar-refractivity contribution in [1.29, 1.82) is 10.8 Å². The molecule has 10 heteroatoms. The predicted octanol–water partition coefficient (Wildman–Crippen LogP) is 2.01. The number of nitrogens with zero attached hydrogens (tertiary/aromatic N) is 4. The molecule has 0 aliphatic heterocycles. The van der Waals surface area contributed by atoms with Crippen LogP contribution >= 0.6 is 24.8 Å². The van der Waals surface area contributed by atoms with Gasteiger partial charge in [-0.1, -0.05) is 0 Å². The highest BCUT2D eigenvalue weighted by Crippen LogP contribution is 2.20. The second kappa shape index (κ2) is 8.84. The molecule has 6 N–H and O–H groups in total. The second-order valence-electron chi connectivity index (χ2n) is 4.98. The molecule has 0 atom stereocenters. The summed E-state index contributed by atoms with van der Waals surface area (Å²) in [5.74, 6) is -0.170. The molecule has 3 aromatic rings. The topological polar surface area (TPSA) is 151 Å². The van der Waals surface area contributed by atoms with E-state index in [0.29, 0.717) is 22.8 Å². The Kier molecular flexibility index (Phi) is 7.12. The normalized spacial score (nSPS) is 9.54. The van der Waals surface area contributed by atoms with E-state index >= 15 is 0 Å². The summed E-state index contributed by atoms with van der Waals surface area (Å²) < 4.78 is 0. The lowest BCUT2D eigenvalue weighted by molar-refractivity contribution is 1.18. The Labute approximate surface area is 162 Å². The monoisotopic (exact) mass is 390 g/mol. The first-order valence-electron chi connectivity index (χ1n) is 6.98. The van der Waals surface area contributed by atoms with Crippen molar-refractivity contribution in [3.63, 3.8) is 0 Å². The molecule has 8 nitrogen and oxygen atoms in total. The average Bonchev–Trinajstić information content (AvgIpc) is 2.62. The fourth-order valence-corrected chi connectivity index (χ4v) is 2.05. The molecule has 0 aliphatic carbocycles. The van der Waals surface area contributed by atoms with Gasteiger partial charge in [-0.2, -0.15) is 0 Å². The van der Waals surface area contributed by atoms with Crippen molar-refractivity contribution in [2.75, 3.05) is 0 Å². The number of pyridine rings is 2. The van der Waals surface area contributed by atoms with Crippen molar-refractivity contribution >= 4 is 36.5 Å². The number of amidine groups is 2. The van der Waals surface area contributed by atoms with E-state index in [0.717, 1.165) is 11.1 Å². The predicted molar refractivity (Wildman–Crippen MR) is 105 cm³/mol.